The maximum absolute atomic E-state index is 10.8. The van der Waals surface area contributed by atoms with E-state index in [-0.39, 0.29) is 5.78 Å². The van der Waals surface area contributed by atoms with Gasteiger partial charge >= 0.3 is 0 Å². The van der Waals surface area contributed by atoms with Gasteiger partial charge in [-0.2, -0.15) is 5.10 Å². The lowest BCUT2D eigenvalue weighted by molar-refractivity contribution is -0.112. The van der Waals surface area contributed by atoms with E-state index in [0.717, 1.165) is 16.5 Å². The first-order valence-corrected chi connectivity index (χ1v) is 4.38. The molecule has 0 aliphatic rings. The molecule has 70 valence electrons. The molecule has 0 saturated carbocycles. The number of carbonyl (C=O) groups is 1. The average molecular weight is 186 g/mol. The third-order valence-electron chi connectivity index (χ3n) is 2.01. The minimum absolute atomic E-state index is 0.0431. The first-order chi connectivity index (χ1) is 6.77. The van der Waals surface area contributed by atoms with E-state index < -0.39 is 0 Å². The summed E-state index contributed by atoms with van der Waals surface area (Å²) in [4.78, 5) is 10.8. The van der Waals surface area contributed by atoms with E-state index in [1.165, 1.54) is 6.92 Å². The molecular weight excluding hydrogens is 176 g/mol. The Morgan fingerprint density at radius 1 is 1.50 bits per heavy atom. The van der Waals surface area contributed by atoms with Gasteiger partial charge in [0.15, 0.2) is 5.78 Å². The number of benzene rings is 1. The van der Waals surface area contributed by atoms with Crippen LogP contribution in [0.2, 0.25) is 0 Å². The minimum Gasteiger partial charge on any atom is -0.295 e. The standard InChI is InChI=1S/C11H10N2O/c1-8(14)5-6-9-3-2-4-10-7-12-13-11(9)10/h2-7H,1H3,(H,12,13)/b6-5+. The summed E-state index contributed by atoms with van der Waals surface area (Å²) in [6, 6.07) is 5.86. The maximum Gasteiger partial charge on any atom is 0.152 e. The van der Waals surface area contributed by atoms with Gasteiger partial charge in [0.25, 0.3) is 0 Å². The number of ketones is 1. The maximum atomic E-state index is 10.8. The second kappa shape index (κ2) is 3.46. The van der Waals surface area contributed by atoms with Gasteiger partial charge in [0, 0.05) is 10.9 Å². The summed E-state index contributed by atoms with van der Waals surface area (Å²) in [6.07, 6.45) is 5.11. The van der Waals surface area contributed by atoms with E-state index in [0.29, 0.717) is 0 Å². The third-order valence-corrected chi connectivity index (χ3v) is 2.01. The van der Waals surface area contributed by atoms with Crippen molar-refractivity contribution in [2.75, 3.05) is 0 Å². The summed E-state index contributed by atoms with van der Waals surface area (Å²) in [5.41, 5.74) is 1.94. The van der Waals surface area contributed by atoms with Gasteiger partial charge in [0.05, 0.1) is 11.7 Å². The van der Waals surface area contributed by atoms with Crippen LogP contribution in [0.15, 0.2) is 30.5 Å². The smallest absolute Gasteiger partial charge is 0.152 e. The van der Waals surface area contributed by atoms with Gasteiger partial charge in [0.1, 0.15) is 0 Å². The van der Waals surface area contributed by atoms with Gasteiger partial charge in [-0.05, 0) is 19.1 Å². The highest BCUT2D eigenvalue weighted by atomic mass is 16.1. The molecule has 0 fully saturated rings. The van der Waals surface area contributed by atoms with Crippen LogP contribution in [-0.4, -0.2) is 16.0 Å². The second-order valence-corrected chi connectivity index (χ2v) is 3.13. The highest BCUT2D eigenvalue weighted by molar-refractivity contribution is 5.95. The van der Waals surface area contributed by atoms with Crippen LogP contribution in [0.3, 0.4) is 0 Å². The molecule has 3 heteroatoms. The Bertz CT molecular complexity index is 497. The van der Waals surface area contributed by atoms with Crippen molar-refractivity contribution >= 4 is 22.8 Å². The quantitative estimate of drug-likeness (QED) is 0.730. The second-order valence-electron chi connectivity index (χ2n) is 3.13. The molecule has 0 aliphatic heterocycles. The first kappa shape index (κ1) is 8.69. The average Bonchev–Trinajstić information content (AvgIpc) is 2.62. The Labute approximate surface area is 81.4 Å². The number of aromatic amines is 1. The van der Waals surface area contributed by atoms with Crippen molar-refractivity contribution in [1.82, 2.24) is 10.2 Å². The fraction of sp³-hybridized carbons (Fsp3) is 0.0909. The summed E-state index contributed by atoms with van der Waals surface area (Å²) in [7, 11) is 0. The molecule has 3 nitrogen and oxygen atoms in total. The summed E-state index contributed by atoms with van der Waals surface area (Å²) in [5.74, 6) is 0.0431. The third kappa shape index (κ3) is 1.57. The van der Waals surface area contributed by atoms with Gasteiger partial charge < -0.3 is 0 Å². The molecule has 1 aromatic carbocycles. The van der Waals surface area contributed by atoms with Crippen molar-refractivity contribution in [1.29, 1.82) is 0 Å². The van der Waals surface area contributed by atoms with Gasteiger partial charge in [-0.15, -0.1) is 0 Å². The van der Waals surface area contributed by atoms with Crippen molar-refractivity contribution in [3.63, 3.8) is 0 Å². The number of hydrogen-bond donors (Lipinski definition) is 1. The van der Waals surface area contributed by atoms with Crippen LogP contribution < -0.4 is 0 Å². The zero-order chi connectivity index (χ0) is 9.97. The highest BCUT2D eigenvalue weighted by Crippen LogP contribution is 2.16. The molecular formula is C11H10N2O. The van der Waals surface area contributed by atoms with Crippen LogP contribution in [0, 0.1) is 0 Å². The lowest BCUT2D eigenvalue weighted by Crippen LogP contribution is -1.81. The molecule has 0 unspecified atom stereocenters. The molecule has 2 rings (SSSR count). The number of nitrogens with zero attached hydrogens (tertiary/aromatic N) is 1. The number of H-pyrrole nitrogens is 1. The predicted molar refractivity (Wildman–Crippen MR) is 55.8 cm³/mol. The predicted octanol–water partition coefficient (Wildman–Crippen LogP) is 2.17. The first-order valence-electron chi connectivity index (χ1n) is 4.38. The molecule has 0 spiro atoms. The van der Waals surface area contributed by atoms with Crippen molar-refractivity contribution in [2.24, 2.45) is 0 Å². The molecule has 0 bridgehead atoms. The Kier molecular flexibility index (Phi) is 2.14. The van der Waals surface area contributed by atoms with Gasteiger partial charge in [-0.25, -0.2) is 0 Å². The van der Waals surface area contributed by atoms with Gasteiger partial charge in [-0.1, -0.05) is 18.2 Å². The molecule has 0 atom stereocenters. The molecule has 1 aromatic heterocycles. The van der Waals surface area contributed by atoms with Crippen LogP contribution in [-0.2, 0) is 4.79 Å². The van der Waals surface area contributed by atoms with Crippen molar-refractivity contribution in [2.45, 2.75) is 6.92 Å². The largest absolute Gasteiger partial charge is 0.295 e. The molecule has 1 N–H and O–H groups in total. The van der Waals surface area contributed by atoms with Crippen LogP contribution in [0.1, 0.15) is 12.5 Å². The summed E-state index contributed by atoms with van der Waals surface area (Å²) in [6.45, 7) is 1.53. The number of fused-ring (bicyclic) bond motifs is 1. The molecule has 14 heavy (non-hydrogen) atoms. The Morgan fingerprint density at radius 2 is 2.36 bits per heavy atom. The van der Waals surface area contributed by atoms with Crippen LogP contribution in [0.25, 0.3) is 17.0 Å². The summed E-state index contributed by atoms with van der Waals surface area (Å²) >= 11 is 0. The lowest BCUT2D eigenvalue weighted by Gasteiger charge is -1.94. The SMILES string of the molecule is CC(=O)/C=C/c1cccc2cn[nH]c12. The summed E-state index contributed by atoms with van der Waals surface area (Å²) < 4.78 is 0. The van der Waals surface area contributed by atoms with Crippen molar-refractivity contribution < 1.29 is 4.79 Å². The van der Waals surface area contributed by atoms with Gasteiger partial charge in [0.2, 0.25) is 0 Å². The molecule has 2 aromatic rings. The van der Waals surface area contributed by atoms with Crippen molar-refractivity contribution in [3.8, 4) is 0 Å². The Morgan fingerprint density at radius 3 is 3.14 bits per heavy atom. The van der Waals surface area contributed by atoms with E-state index in [1.54, 1.807) is 18.3 Å². The molecule has 1 heterocycles. The van der Waals surface area contributed by atoms with Crippen LogP contribution >= 0.6 is 0 Å². The minimum atomic E-state index is 0.0431. The van der Waals surface area contributed by atoms with E-state index in [4.69, 9.17) is 0 Å². The number of carbonyl (C=O) groups excluding carboxylic acids is 1. The fourth-order valence-corrected chi connectivity index (χ4v) is 1.34. The highest BCUT2D eigenvalue weighted by Gasteiger charge is 1.98. The van der Waals surface area contributed by atoms with E-state index in [9.17, 15) is 4.79 Å². The zero-order valence-corrected chi connectivity index (χ0v) is 7.82. The topological polar surface area (TPSA) is 45.8 Å². The molecule has 0 radical (unpaired) electrons. The Hall–Kier alpha value is -1.90. The number of para-hydroxylation sites is 1. The van der Waals surface area contributed by atoms with E-state index in [2.05, 4.69) is 10.2 Å². The number of allylic oxidation sites excluding steroid dienone is 1. The van der Waals surface area contributed by atoms with Gasteiger partial charge in [-0.3, -0.25) is 9.89 Å². The number of hydrogen-bond acceptors (Lipinski definition) is 2. The normalized spacial score (nSPS) is 11.2. The van der Waals surface area contributed by atoms with Crippen molar-refractivity contribution in [3.05, 3.63) is 36.0 Å². The van der Waals surface area contributed by atoms with Crippen LogP contribution in [0.5, 0.6) is 0 Å². The number of nitrogens with one attached hydrogen (secondary N) is 1. The van der Waals surface area contributed by atoms with Crippen LogP contribution in [0.4, 0.5) is 0 Å². The van der Waals surface area contributed by atoms with E-state index in [1.807, 2.05) is 18.2 Å². The Balaban J connectivity index is 2.51. The number of aromatic nitrogens is 2. The number of rotatable bonds is 2. The zero-order valence-electron chi connectivity index (χ0n) is 7.82. The van der Waals surface area contributed by atoms with E-state index >= 15 is 0 Å². The fourth-order valence-electron chi connectivity index (χ4n) is 1.34. The molecule has 0 amide bonds. The monoisotopic (exact) mass is 186 g/mol. The molecule has 0 saturated heterocycles. The molecule has 0 aliphatic carbocycles. The summed E-state index contributed by atoms with van der Waals surface area (Å²) in [5, 5.41) is 7.90. The lowest BCUT2D eigenvalue weighted by atomic mass is 10.1.